The van der Waals surface area contributed by atoms with E-state index < -0.39 is 18.3 Å². The van der Waals surface area contributed by atoms with E-state index in [1.165, 1.54) is 18.5 Å². The van der Waals surface area contributed by atoms with Crippen molar-refractivity contribution in [1.82, 2.24) is 15.6 Å². The first kappa shape index (κ1) is 21.0. The smallest absolute Gasteiger partial charge is 0.407 e. The SMILES string of the molecule is O=C(NCCc1cccc(F)c1)O[C@@H]1[C@@H](O)CN[C@@H]1Cc1ccc(-c2cnco2)cc1. The third-order valence-corrected chi connectivity index (χ3v) is 5.31. The molecule has 0 radical (unpaired) electrons. The number of hydrogen-bond acceptors (Lipinski definition) is 6. The normalized spacial score (nSPS) is 20.5. The van der Waals surface area contributed by atoms with Crippen molar-refractivity contribution in [2.45, 2.75) is 31.1 Å². The summed E-state index contributed by atoms with van der Waals surface area (Å²) in [5, 5.41) is 16.1. The van der Waals surface area contributed by atoms with Crippen LogP contribution in [0, 0.1) is 5.82 Å². The second kappa shape index (κ2) is 9.72. The lowest BCUT2D eigenvalue weighted by atomic mass is 10.00. The van der Waals surface area contributed by atoms with Crippen LogP contribution in [-0.2, 0) is 17.6 Å². The molecule has 1 amide bonds. The molecular weight excluding hydrogens is 401 g/mol. The zero-order valence-corrected chi connectivity index (χ0v) is 16.8. The van der Waals surface area contributed by atoms with Gasteiger partial charge in [-0.25, -0.2) is 14.2 Å². The predicted octanol–water partition coefficient (Wildman–Crippen LogP) is 2.69. The molecule has 0 spiro atoms. The van der Waals surface area contributed by atoms with Crippen LogP contribution >= 0.6 is 0 Å². The highest BCUT2D eigenvalue weighted by Crippen LogP contribution is 2.22. The minimum atomic E-state index is -0.785. The fraction of sp³-hybridized carbons (Fsp3) is 0.304. The van der Waals surface area contributed by atoms with Crippen LogP contribution in [-0.4, -0.2) is 47.5 Å². The first-order valence-corrected chi connectivity index (χ1v) is 10.2. The van der Waals surface area contributed by atoms with Crippen molar-refractivity contribution < 1.29 is 23.4 Å². The number of amides is 1. The number of oxazole rings is 1. The zero-order valence-electron chi connectivity index (χ0n) is 16.8. The summed E-state index contributed by atoms with van der Waals surface area (Å²) in [4.78, 5) is 16.1. The van der Waals surface area contributed by atoms with Crippen molar-refractivity contribution in [3.8, 4) is 11.3 Å². The Morgan fingerprint density at radius 3 is 2.84 bits per heavy atom. The van der Waals surface area contributed by atoms with Gasteiger partial charge in [0.1, 0.15) is 18.0 Å². The monoisotopic (exact) mass is 425 g/mol. The van der Waals surface area contributed by atoms with Crippen LogP contribution in [0.1, 0.15) is 11.1 Å². The molecule has 0 unspecified atom stereocenters. The standard InChI is InChI=1S/C23H24FN3O4/c24-18-3-1-2-15(10-18)8-9-26-23(29)31-22-19(27-12-20(22)28)11-16-4-6-17(7-5-16)21-13-25-14-30-21/h1-7,10,13-14,19-20,22,27-28H,8-9,11-12H2,(H,26,29)/t19-,20+,22+/m1/s1. The molecule has 1 aliphatic heterocycles. The number of benzene rings is 2. The molecule has 0 saturated carbocycles. The fourth-order valence-corrected chi connectivity index (χ4v) is 3.71. The summed E-state index contributed by atoms with van der Waals surface area (Å²) in [6.45, 7) is 0.661. The largest absolute Gasteiger partial charge is 0.444 e. The van der Waals surface area contributed by atoms with E-state index in [0.29, 0.717) is 31.7 Å². The highest BCUT2D eigenvalue weighted by molar-refractivity contribution is 5.67. The number of β-amino-alcohol motifs (C(OH)–C–C–N with tert-alkyl or cyclic N) is 1. The summed E-state index contributed by atoms with van der Waals surface area (Å²) < 4.78 is 24.0. The van der Waals surface area contributed by atoms with Crippen molar-refractivity contribution in [1.29, 1.82) is 0 Å². The fourth-order valence-electron chi connectivity index (χ4n) is 3.71. The van der Waals surface area contributed by atoms with Crippen LogP contribution in [0.25, 0.3) is 11.3 Å². The van der Waals surface area contributed by atoms with Gasteiger partial charge in [-0.1, -0.05) is 36.4 Å². The Hall–Kier alpha value is -3.23. The summed E-state index contributed by atoms with van der Waals surface area (Å²) in [5.41, 5.74) is 2.75. The highest BCUT2D eigenvalue weighted by atomic mass is 19.1. The number of carbonyl (C=O) groups is 1. The van der Waals surface area contributed by atoms with Gasteiger partial charge in [0.05, 0.1) is 12.2 Å². The molecule has 0 aliphatic carbocycles. The van der Waals surface area contributed by atoms with Crippen LogP contribution in [0.5, 0.6) is 0 Å². The molecule has 31 heavy (non-hydrogen) atoms. The van der Waals surface area contributed by atoms with Gasteiger partial charge in [0.15, 0.2) is 12.2 Å². The molecule has 162 valence electrons. The molecule has 2 heterocycles. The molecule has 3 aromatic rings. The molecule has 4 rings (SSSR count). The molecule has 1 aliphatic rings. The number of alkyl carbamates (subject to hydrolysis) is 1. The Kier molecular flexibility index (Phi) is 6.59. The van der Waals surface area contributed by atoms with Gasteiger partial charge in [0, 0.05) is 18.7 Å². The molecule has 1 saturated heterocycles. The Bertz CT molecular complexity index is 994. The van der Waals surface area contributed by atoms with Crippen LogP contribution in [0.3, 0.4) is 0 Å². The van der Waals surface area contributed by atoms with Gasteiger partial charge in [0.25, 0.3) is 0 Å². The van der Waals surface area contributed by atoms with Crippen LogP contribution in [0.4, 0.5) is 9.18 Å². The van der Waals surface area contributed by atoms with E-state index in [0.717, 1.165) is 16.7 Å². The number of aromatic nitrogens is 1. The average molecular weight is 425 g/mol. The van der Waals surface area contributed by atoms with Crippen LogP contribution < -0.4 is 10.6 Å². The summed E-state index contributed by atoms with van der Waals surface area (Å²) in [6, 6.07) is 13.9. The summed E-state index contributed by atoms with van der Waals surface area (Å²) in [5.74, 6) is 0.383. The topological polar surface area (TPSA) is 96.6 Å². The average Bonchev–Trinajstić information content (AvgIpc) is 3.41. The summed E-state index contributed by atoms with van der Waals surface area (Å²) >= 11 is 0. The second-order valence-corrected chi connectivity index (χ2v) is 7.53. The summed E-state index contributed by atoms with van der Waals surface area (Å²) in [6.07, 6.45) is 2.07. The van der Waals surface area contributed by atoms with E-state index in [4.69, 9.17) is 9.15 Å². The molecule has 1 fully saturated rings. The van der Waals surface area contributed by atoms with E-state index in [1.807, 2.05) is 24.3 Å². The second-order valence-electron chi connectivity index (χ2n) is 7.53. The van der Waals surface area contributed by atoms with Crippen molar-refractivity contribution in [3.63, 3.8) is 0 Å². The van der Waals surface area contributed by atoms with Gasteiger partial charge in [-0.2, -0.15) is 0 Å². The van der Waals surface area contributed by atoms with E-state index >= 15 is 0 Å². The molecule has 0 bridgehead atoms. The predicted molar refractivity (Wildman–Crippen MR) is 112 cm³/mol. The van der Waals surface area contributed by atoms with Crippen molar-refractivity contribution >= 4 is 6.09 Å². The number of hydrogen-bond donors (Lipinski definition) is 3. The van der Waals surface area contributed by atoms with Gasteiger partial charge in [-0.3, -0.25) is 0 Å². The molecule has 3 atom stereocenters. The molecular formula is C23H24FN3O4. The lowest BCUT2D eigenvalue weighted by Gasteiger charge is -2.22. The molecule has 1 aromatic heterocycles. The number of aliphatic hydroxyl groups is 1. The first-order valence-electron chi connectivity index (χ1n) is 10.2. The molecule has 7 nitrogen and oxygen atoms in total. The number of ether oxygens (including phenoxy) is 1. The van der Waals surface area contributed by atoms with Gasteiger partial charge in [-0.05, 0) is 36.1 Å². The van der Waals surface area contributed by atoms with E-state index in [1.54, 1.807) is 18.3 Å². The first-order chi connectivity index (χ1) is 15.1. The van der Waals surface area contributed by atoms with Crippen molar-refractivity contribution in [2.24, 2.45) is 0 Å². The number of halogens is 1. The molecule has 2 aromatic carbocycles. The molecule has 8 heteroatoms. The van der Waals surface area contributed by atoms with Crippen molar-refractivity contribution in [3.05, 3.63) is 78.1 Å². The quantitative estimate of drug-likeness (QED) is 0.539. The van der Waals surface area contributed by atoms with E-state index in [-0.39, 0.29) is 11.9 Å². The van der Waals surface area contributed by atoms with Gasteiger partial charge in [0.2, 0.25) is 0 Å². The van der Waals surface area contributed by atoms with Gasteiger partial charge in [-0.15, -0.1) is 0 Å². The minimum absolute atomic E-state index is 0.208. The number of carbonyl (C=O) groups excluding carboxylic acids is 1. The third-order valence-electron chi connectivity index (χ3n) is 5.31. The Morgan fingerprint density at radius 2 is 2.10 bits per heavy atom. The minimum Gasteiger partial charge on any atom is -0.444 e. The maximum Gasteiger partial charge on any atom is 0.407 e. The number of aliphatic hydroxyl groups excluding tert-OH is 1. The number of nitrogens with one attached hydrogen (secondary N) is 2. The van der Waals surface area contributed by atoms with Crippen LogP contribution in [0.2, 0.25) is 0 Å². The maximum absolute atomic E-state index is 13.2. The van der Waals surface area contributed by atoms with Crippen molar-refractivity contribution in [2.75, 3.05) is 13.1 Å². The van der Waals surface area contributed by atoms with Gasteiger partial charge >= 0.3 is 6.09 Å². The van der Waals surface area contributed by atoms with Gasteiger partial charge < -0.3 is 24.9 Å². The maximum atomic E-state index is 13.2. The summed E-state index contributed by atoms with van der Waals surface area (Å²) in [7, 11) is 0. The van der Waals surface area contributed by atoms with E-state index in [9.17, 15) is 14.3 Å². The Morgan fingerprint density at radius 1 is 1.26 bits per heavy atom. The third kappa shape index (κ3) is 5.48. The molecule has 3 N–H and O–H groups in total. The van der Waals surface area contributed by atoms with Crippen LogP contribution in [0.15, 0.2) is 65.5 Å². The lowest BCUT2D eigenvalue weighted by Crippen LogP contribution is -2.41. The zero-order chi connectivity index (χ0) is 21.6. The lowest BCUT2D eigenvalue weighted by molar-refractivity contribution is 0.0191. The number of nitrogens with zero attached hydrogens (tertiary/aromatic N) is 1. The number of rotatable bonds is 7. The Labute approximate surface area is 179 Å². The van der Waals surface area contributed by atoms with E-state index in [2.05, 4.69) is 15.6 Å². The Balaban J connectivity index is 1.29. The highest BCUT2D eigenvalue weighted by Gasteiger charge is 2.37.